The molecule has 0 saturated heterocycles. The highest BCUT2D eigenvalue weighted by molar-refractivity contribution is 8.00. The second-order valence-electron chi connectivity index (χ2n) is 4.79. The molecular weight excluding hydrogens is 301 g/mol. The molecule has 6 heteroatoms. The van der Waals surface area contributed by atoms with Crippen LogP contribution in [0.3, 0.4) is 0 Å². The number of carbonyl (C=O) groups is 1. The molecule has 0 spiro atoms. The zero-order chi connectivity index (χ0) is 15.5. The van der Waals surface area contributed by atoms with E-state index in [9.17, 15) is 9.18 Å². The van der Waals surface area contributed by atoms with Crippen LogP contribution in [0.25, 0.3) is 11.0 Å². The monoisotopic (exact) mass is 315 g/mol. The van der Waals surface area contributed by atoms with E-state index in [2.05, 4.69) is 15.3 Å². The minimum absolute atomic E-state index is 0.185. The second-order valence-corrected chi connectivity index (χ2v) is 6.12. The van der Waals surface area contributed by atoms with Crippen LogP contribution in [-0.2, 0) is 4.79 Å². The van der Waals surface area contributed by atoms with Gasteiger partial charge in [0.2, 0.25) is 5.91 Å². The number of carbonyl (C=O) groups excluding carboxylic acids is 1. The first-order chi connectivity index (χ1) is 10.6. The number of aromatic nitrogens is 2. The van der Waals surface area contributed by atoms with E-state index in [1.807, 2.05) is 24.3 Å². The molecule has 1 atom stereocenters. The number of imidazole rings is 1. The van der Waals surface area contributed by atoms with Crippen LogP contribution in [0, 0.1) is 5.82 Å². The van der Waals surface area contributed by atoms with Gasteiger partial charge in [-0.25, -0.2) is 9.37 Å². The van der Waals surface area contributed by atoms with E-state index >= 15 is 0 Å². The van der Waals surface area contributed by atoms with Gasteiger partial charge in [-0.3, -0.25) is 4.79 Å². The lowest BCUT2D eigenvalue weighted by Crippen LogP contribution is -2.23. The first kappa shape index (κ1) is 14.6. The third kappa shape index (κ3) is 3.12. The van der Waals surface area contributed by atoms with Crippen LogP contribution in [0.1, 0.15) is 6.92 Å². The fourth-order valence-electron chi connectivity index (χ4n) is 2.00. The second kappa shape index (κ2) is 6.19. The zero-order valence-corrected chi connectivity index (χ0v) is 12.7. The van der Waals surface area contributed by atoms with Crippen molar-refractivity contribution in [2.45, 2.75) is 17.3 Å². The Morgan fingerprint density at radius 1 is 1.23 bits per heavy atom. The highest BCUT2D eigenvalue weighted by atomic mass is 32.2. The van der Waals surface area contributed by atoms with Gasteiger partial charge in [0.25, 0.3) is 0 Å². The normalized spacial score (nSPS) is 12.3. The summed E-state index contributed by atoms with van der Waals surface area (Å²) >= 11 is 1.30. The molecule has 2 N–H and O–H groups in total. The third-order valence-electron chi connectivity index (χ3n) is 3.16. The van der Waals surface area contributed by atoms with Gasteiger partial charge in [-0.1, -0.05) is 36.0 Å². The molecular formula is C16H14FN3OS. The predicted octanol–water partition coefficient (Wildman–Crippen LogP) is 3.82. The molecule has 1 heterocycles. The van der Waals surface area contributed by atoms with Crippen LogP contribution in [-0.4, -0.2) is 21.1 Å². The van der Waals surface area contributed by atoms with E-state index in [1.165, 1.54) is 23.9 Å². The Morgan fingerprint density at radius 3 is 2.73 bits per heavy atom. The SMILES string of the molecule is C[C@H](Sc1nc2ccccc2[nH]1)C(=O)Nc1ccccc1F. The van der Waals surface area contributed by atoms with Crippen molar-refractivity contribution in [1.29, 1.82) is 0 Å². The largest absolute Gasteiger partial charge is 0.333 e. The number of halogens is 1. The summed E-state index contributed by atoms with van der Waals surface area (Å²) in [6.07, 6.45) is 0. The Labute approximate surface area is 131 Å². The predicted molar refractivity (Wildman–Crippen MR) is 86.4 cm³/mol. The number of anilines is 1. The maximum atomic E-state index is 13.5. The van der Waals surface area contributed by atoms with Crippen LogP contribution in [0.15, 0.2) is 53.7 Å². The molecule has 0 bridgehead atoms. The maximum absolute atomic E-state index is 13.5. The number of nitrogens with zero attached hydrogens (tertiary/aromatic N) is 1. The molecule has 2 aromatic carbocycles. The summed E-state index contributed by atoms with van der Waals surface area (Å²) in [5.74, 6) is -0.715. The number of H-pyrrole nitrogens is 1. The van der Waals surface area contributed by atoms with Gasteiger partial charge in [-0.05, 0) is 31.2 Å². The van der Waals surface area contributed by atoms with Crippen molar-refractivity contribution in [2.24, 2.45) is 0 Å². The lowest BCUT2D eigenvalue weighted by molar-refractivity contribution is -0.115. The molecule has 0 radical (unpaired) electrons. The van der Waals surface area contributed by atoms with Gasteiger partial charge < -0.3 is 10.3 Å². The van der Waals surface area contributed by atoms with Crippen molar-refractivity contribution in [1.82, 2.24) is 9.97 Å². The fraction of sp³-hybridized carbons (Fsp3) is 0.125. The first-order valence-electron chi connectivity index (χ1n) is 6.80. The quantitative estimate of drug-likeness (QED) is 0.720. The lowest BCUT2D eigenvalue weighted by atomic mass is 10.3. The summed E-state index contributed by atoms with van der Waals surface area (Å²) in [6.45, 7) is 1.76. The lowest BCUT2D eigenvalue weighted by Gasteiger charge is -2.10. The van der Waals surface area contributed by atoms with Crippen molar-refractivity contribution in [3.05, 3.63) is 54.3 Å². The summed E-state index contributed by atoms with van der Waals surface area (Å²) in [7, 11) is 0. The fourth-order valence-corrected chi connectivity index (χ4v) is 2.82. The maximum Gasteiger partial charge on any atom is 0.237 e. The van der Waals surface area contributed by atoms with Gasteiger partial charge in [-0.15, -0.1) is 0 Å². The van der Waals surface area contributed by atoms with Gasteiger partial charge in [0.15, 0.2) is 5.16 Å². The van der Waals surface area contributed by atoms with Gasteiger partial charge in [0.1, 0.15) is 5.82 Å². The number of nitrogens with one attached hydrogen (secondary N) is 2. The molecule has 0 aliphatic heterocycles. The minimum Gasteiger partial charge on any atom is -0.333 e. The van der Waals surface area contributed by atoms with Crippen molar-refractivity contribution in [3.8, 4) is 0 Å². The molecule has 3 rings (SSSR count). The summed E-state index contributed by atoms with van der Waals surface area (Å²) < 4.78 is 13.5. The number of aromatic amines is 1. The van der Waals surface area contributed by atoms with Crippen LogP contribution in [0.5, 0.6) is 0 Å². The average molecular weight is 315 g/mol. The van der Waals surface area contributed by atoms with Crippen LogP contribution in [0.4, 0.5) is 10.1 Å². The van der Waals surface area contributed by atoms with Gasteiger partial charge >= 0.3 is 0 Å². The van der Waals surface area contributed by atoms with Gasteiger partial charge in [0, 0.05) is 0 Å². The van der Waals surface area contributed by atoms with Crippen molar-refractivity contribution < 1.29 is 9.18 Å². The molecule has 1 aromatic heterocycles. The number of para-hydroxylation sites is 3. The van der Waals surface area contributed by atoms with Gasteiger partial charge in [0.05, 0.1) is 22.0 Å². The van der Waals surface area contributed by atoms with E-state index in [0.29, 0.717) is 5.16 Å². The molecule has 112 valence electrons. The van der Waals surface area contributed by atoms with Crippen molar-refractivity contribution in [2.75, 3.05) is 5.32 Å². The number of thioether (sulfide) groups is 1. The summed E-state index contributed by atoms with van der Waals surface area (Å²) in [6, 6.07) is 13.8. The Hall–Kier alpha value is -2.34. The molecule has 0 aliphatic rings. The molecule has 3 aromatic rings. The summed E-state index contributed by atoms with van der Waals surface area (Å²) in [5, 5.41) is 2.85. The highest BCUT2D eigenvalue weighted by Crippen LogP contribution is 2.24. The number of hydrogen-bond acceptors (Lipinski definition) is 3. The molecule has 0 aliphatic carbocycles. The van der Waals surface area contributed by atoms with Crippen molar-refractivity contribution >= 4 is 34.4 Å². The Bertz CT molecular complexity index is 785. The van der Waals surface area contributed by atoms with E-state index in [0.717, 1.165) is 11.0 Å². The van der Waals surface area contributed by atoms with Crippen LogP contribution >= 0.6 is 11.8 Å². The molecule has 22 heavy (non-hydrogen) atoms. The van der Waals surface area contributed by atoms with E-state index < -0.39 is 11.1 Å². The molecule has 1 amide bonds. The molecule has 0 unspecified atom stereocenters. The number of benzene rings is 2. The van der Waals surface area contributed by atoms with Crippen LogP contribution < -0.4 is 5.32 Å². The number of amides is 1. The number of rotatable bonds is 4. The molecule has 4 nitrogen and oxygen atoms in total. The summed E-state index contributed by atoms with van der Waals surface area (Å²) in [4.78, 5) is 19.7. The molecule has 0 saturated carbocycles. The topological polar surface area (TPSA) is 57.8 Å². The zero-order valence-electron chi connectivity index (χ0n) is 11.8. The average Bonchev–Trinajstić information content (AvgIpc) is 2.91. The number of fused-ring (bicyclic) bond motifs is 1. The smallest absolute Gasteiger partial charge is 0.237 e. The van der Waals surface area contributed by atoms with E-state index in [4.69, 9.17) is 0 Å². The first-order valence-corrected chi connectivity index (χ1v) is 7.68. The minimum atomic E-state index is -0.447. The van der Waals surface area contributed by atoms with E-state index in [1.54, 1.807) is 19.1 Å². The van der Waals surface area contributed by atoms with E-state index in [-0.39, 0.29) is 11.6 Å². The van der Waals surface area contributed by atoms with Crippen LogP contribution in [0.2, 0.25) is 0 Å². The number of hydrogen-bond donors (Lipinski definition) is 2. The summed E-state index contributed by atoms with van der Waals surface area (Å²) in [5.41, 5.74) is 1.96. The Morgan fingerprint density at radius 2 is 1.95 bits per heavy atom. The molecule has 0 fully saturated rings. The van der Waals surface area contributed by atoms with Gasteiger partial charge in [-0.2, -0.15) is 0 Å². The highest BCUT2D eigenvalue weighted by Gasteiger charge is 2.17. The Balaban J connectivity index is 1.69. The standard InChI is InChI=1S/C16H14FN3OS/c1-10(15(21)18-12-7-3-2-6-11(12)17)22-16-19-13-8-4-5-9-14(13)20-16/h2-10H,1H3,(H,18,21)(H,19,20)/t10-/m0/s1. The third-order valence-corrected chi connectivity index (χ3v) is 4.14. The Kier molecular flexibility index (Phi) is 4.11. The van der Waals surface area contributed by atoms with Crippen molar-refractivity contribution in [3.63, 3.8) is 0 Å².